The zero-order chi connectivity index (χ0) is 9.19. The Labute approximate surface area is 77.0 Å². The first-order valence-corrected chi connectivity index (χ1v) is 5.08. The molecule has 1 aliphatic heterocycles. The Kier molecular flexibility index (Phi) is 3.01. The van der Waals surface area contributed by atoms with Crippen molar-refractivity contribution in [2.75, 3.05) is 12.9 Å². The molecule has 0 bridgehead atoms. The monoisotopic (exact) mass is 189 g/mol. The number of methoxy groups -OCH3 is 1. The smallest absolute Gasteiger partial charge is 0.307 e. The molecule has 3 nitrogen and oxygen atoms in total. The zero-order valence-electron chi connectivity index (χ0n) is 7.50. The molecule has 0 aromatic heterocycles. The normalized spacial score (nSPS) is 35.1. The fourth-order valence-electron chi connectivity index (χ4n) is 1.48. The van der Waals surface area contributed by atoms with Crippen LogP contribution in [0.5, 0.6) is 0 Å². The maximum atomic E-state index is 11.0. The van der Waals surface area contributed by atoms with Crippen LogP contribution in [-0.4, -0.2) is 29.6 Å². The van der Waals surface area contributed by atoms with Gasteiger partial charge in [0.05, 0.1) is 13.5 Å². The Bertz CT molecular complexity index is 186. The summed E-state index contributed by atoms with van der Waals surface area (Å²) in [5.74, 6) is 0.663. The van der Waals surface area contributed by atoms with Gasteiger partial charge in [-0.3, -0.25) is 4.79 Å². The van der Waals surface area contributed by atoms with E-state index in [1.165, 1.54) is 7.11 Å². The van der Waals surface area contributed by atoms with E-state index in [2.05, 4.69) is 11.7 Å². The second kappa shape index (κ2) is 3.66. The van der Waals surface area contributed by atoms with Crippen molar-refractivity contribution < 1.29 is 9.53 Å². The second-order valence-electron chi connectivity index (χ2n) is 3.44. The van der Waals surface area contributed by atoms with Gasteiger partial charge in [-0.15, -0.1) is 0 Å². The van der Waals surface area contributed by atoms with E-state index in [0.29, 0.717) is 11.7 Å². The highest BCUT2D eigenvalue weighted by Crippen LogP contribution is 2.34. The molecule has 0 aromatic rings. The first-order chi connectivity index (χ1) is 5.56. The summed E-state index contributed by atoms with van der Waals surface area (Å²) < 4.78 is 4.58. The number of hydrogen-bond donors (Lipinski definition) is 1. The van der Waals surface area contributed by atoms with Gasteiger partial charge in [0.15, 0.2) is 0 Å². The van der Waals surface area contributed by atoms with Crippen LogP contribution in [0.4, 0.5) is 0 Å². The molecular formula is C8H15NO2S. The molecule has 0 aliphatic carbocycles. The van der Waals surface area contributed by atoms with Crippen molar-refractivity contribution in [1.82, 2.24) is 0 Å². The summed E-state index contributed by atoms with van der Waals surface area (Å²) in [6, 6.07) is 0. The summed E-state index contributed by atoms with van der Waals surface area (Å²) >= 11 is 1.82. The number of hydrogen-bond acceptors (Lipinski definition) is 4. The largest absolute Gasteiger partial charge is 0.469 e. The maximum Gasteiger partial charge on any atom is 0.307 e. The van der Waals surface area contributed by atoms with Crippen molar-refractivity contribution in [3.63, 3.8) is 0 Å². The third-order valence-electron chi connectivity index (χ3n) is 2.07. The van der Waals surface area contributed by atoms with Crippen LogP contribution in [-0.2, 0) is 9.53 Å². The molecule has 1 fully saturated rings. The quantitative estimate of drug-likeness (QED) is 0.652. The highest BCUT2D eigenvalue weighted by atomic mass is 32.2. The second-order valence-corrected chi connectivity index (χ2v) is 4.87. The predicted octanol–water partition coefficient (Wildman–Crippen LogP) is 0.772. The number of nitrogens with two attached hydrogens (primary N) is 1. The highest BCUT2D eigenvalue weighted by molar-refractivity contribution is 8.00. The van der Waals surface area contributed by atoms with Gasteiger partial charge < -0.3 is 10.5 Å². The first-order valence-electron chi connectivity index (χ1n) is 4.03. The lowest BCUT2D eigenvalue weighted by Gasteiger charge is -2.20. The van der Waals surface area contributed by atoms with E-state index in [9.17, 15) is 4.79 Å². The van der Waals surface area contributed by atoms with E-state index in [4.69, 9.17) is 5.73 Å². The Morgan fingerprint density at radius 3 is 2.92 bits per heavy atom. The molecule has 2 atom stereocenters. The fourth-order valence-corrected chi connectivity index (χ4v) is 2.77. The lowest BCUT2D eigenvalue weighted by Crippen LogP contribution is -2.42. The number of esters is 1. The predicted molar refractivity (Wildman–Crippen MR) is 50.1 cm³/mol. The molecular weight excluding hydrogens is 174 g/mol. The molecule has 12 heavy (non-hydrogen) atoms. The van der Waals surface area contributed by atoms with E-state index >= 15 is 0 Å². The SMILES string of the molecule is COC(=O)CC1(N)CSC(C)C1. The Morgan fingerprint density at radius 2 is 2.50 bits per heavy atom. The van der Waals surface area contributed by atoms with Gasteiger partial charge in [0, 0.05) is 16.5 Å². The van der Waals surface area contributed by atoms with E-state index in [0.717, 1.165) is 12.2 Å². The van der Waals surface area contributed by atoms with Crippen LogP contribution in [0.2, 0.25) is 0 Å². The molecule has 1 heterocycles. The highest BCUT2D eigenvalue weighted by Gasteiger charge is 2.36. The minimum atomic E-state index is -0.322. The van der Waals surface area contributed by atoms with Crippen molar-refractivity contribution in [3.05, 3.63) is 0 Å². The number of carbonyl (C=O) groups excluding carboxylic acids is 1. The van der Waals surface area contributed by atoms with E-state index < -0.39 is 0 Å². The van der Waals surface area contributed by atoms with Gasteiger partial charge in [-0.25, -0.2) is 0 Å². The van der Waals surface area contributed by atoms with Crippen molar-refractivity contribution in [2.45, 2.75) is 30.6 Å². The van der Waals surface area contributed by atoms with Crippen LogP contribution in [0.1, 0.15) is 19.8 Å². The summed E-state index contributed by atoms with van der Waals surface area (Å²) in [5.41, 5.74) is 5.68. The average Bonchev–Trinajstić information content (AvgIpc) is 2.30. The van der Waals surface area contributed by atoms with Crippen molar-refractivity contribution in [3.8, 4) is 0 Å². The molecule has 0 radical (unpaired) electrons. The van der Waals surface area contributed by atoms with Gasteiger partial charge in [0.25, 0.3) is 0 Å². The molecule has 2 N–H and O–H groups in total. The number of rotatable bonds is 2. The van der Waals surface area contributed by atoms with E-state index in [1.54, 1.807) is 0 Å². The third-order valence-corrected chi connectivity index (χ3v) is 3.55. The minimum Gasteiger partial charge on any atom is -0.469 e. The zero-order valence-corrected chi connectivity index (χ0v) is 8.32. The van der Waals surface area contributed by atoms with Crippen LogP contribution >= 0.6 is 11.8 Å². The van der Waals surface area contributed by atoms with Crippen molar-refractivity contribution >= 4 is 17.7 Å². The molecule has 0 saturated carbocycles. The molecule has 1 aliphatic rings. The first kappa shape index (κ1) is 9.86. The summed E-state index contributed by atoms with van der Waals surface area (Å²) in [7, 11) is 1.40. The van der Waals surface area contributed by atoms with Crippen LogP contribution in [0.3, 0.4) is 0 Å². The van der Waals surface area contributed by atoms with Crippen LogP contribution < -0.4 is 5.73 Å². The maximum absolute atomic E-state index is 11.0. The number of carbonyl (C=O) groups is 1. The van der Waals surface area contributed by atoms with Gasteiger partial charge in [-0.05, 0) is 6.42 Å². The summed E-state index contributed by atoms with van der Waals surface area (Å²) in [6.07, 6.45) is 1.26. The standard InChI is InChI=1S/C8H15NO2S/c1-6-3-8(9,5-12-6)4-7(10)11-2/h6H,3-5,9H2,1-2H3. The lowest BCUT2D eigenvalue weighted by atomic mass is 9.94. The average molecular weight is 189 g/mol. The Balaban J connectivity index is 2.45. The summed E-state index contributed by atoms with van der Waals surface area (Å²) in [4.78, 5) is 11.0. The summed E-state index contributed by atoms with van der Waals surface area (Å²) in [6.45, 7) is 2.14. The molecule has 4 heteroatoms. The van der Waals surface area contributed by atoms with Gasteiger partial charge >= 0.3 is 5.97 Å². The van der Waals surface area contributed by atoms with E-state index in [-0.39, 0.29) is 11.5 Å². The topological polar surface area (TPSA) is 52.3 Å². The van der Waals surface area contributed by atoms with Gasteiger partial charge in [-0.1, -0.05) is 6.92 Å². The number of ether oxygens (including phenoxy) is 1. The molecule has 1 rings (SSSR count). The Hall–Kier alpha value is -0.220. The van der Waals surface area contributed by atoms with Gasteiger partial charge in [0.2, 0.25) is 0 Å². The molecule has 2 unspecified atom stereocenters. The third kappa shape index (κ3) is 2.38. The molecule has 0 spiro atoms. The number of thioether (sulfide) groups is 1. The van der Waals surface area contributed by atoms with Crippen LogP contribution in [0.25, 0.3) is 0 Å². The van der Waals surface area contributed by atoms with Gasteiger partial charge in [-0.2, -0.15) is 11.8 Å². The summed E-state index contributed by atoms with van der Waals surface area (Å²) in [5, 5.41) is 0.569. The molecule has 0 aromatic carbocycles. The van der Waals surface area contributed by atoms with Crippen LogP contribution in [0, 0.1) is 0 Å². The Morgan fingerprint density at radius 1 is 1.83 bits per heavy atom. The van der Waals surface area contributed by atoms with Gasteiger partial charge in [0.1, 0.15) is 0 Å². The van der Waals surface area contributed by atoms with Crippen molar-refractivity contribution in [1.29, 1.82) is 0 Å². The molecule has 1 saturated heterocycles. The minimum absolute atomic E-state index is 0.202. The van der Waals surface area contributed by atoms with Crippen LogP contribution in [0.15, 0.2) is 0 Å². The molecule has 0 amide bonds. The fraction of sp³-hybridized carbons (Fsp3) is 0.875. The van der Waals surface area contributed by atoms with E-state index in [1.807, 2.05) is 11.8 Å². The lowest BCUT2D eigenvalue weighted by molar-refractivity contribution is -0.141. The van der Waals surface area contributed by atoms with Crippen molar-refractivity contribution in [2.24, 2.45) is 5.73 Å². The molecule has 70 valence electrons.